The lowest BCUT2D eigenvalue weighted by molar-refractivity contribution is 0.0973. The summed E-state index contributed by atoms with van der Waals surface area (Å²) < 4.78 is 31.8. The first-order chi connectivity index (χ1) is 18.3. The van der Waals surface area contributed by atoms with Gasteiger partial charge in [-0.2, -0.15) is 5.10 Å². The summed E-state index contributed by atoms with van der Waals surface area (Å²) in [6.07, 6.45) is 5.52. The molecule has 1 aliphatic heterocycles. The lowest BCUT2D eigenvalue weighted by Crippen LogP contribution is -2.39. The van der Waals surface area contributed by atoms with E-state index in [2.05, 4.69) is 27.5 Å². The van der Waals surface area contributed by atoms with Gasteiger partial charge in [-0.25, -0.2) is 18.1 Å². The van der Waals surface area contributed by atoms with E-state index in [1.165, 1.54) is 10.2 Å². The Kier molecular flexibility index (Phi) is 5.99. The Morgan fingerprint density at radius 1 is 1.08 bits per heavy atom. The van der Waals surface area contributed by atoms with Crippen molar-refractivity contribution >= 4 is 37.9 Å². The zero-order chi connectivity index (χ0) is 26.5. The highest BCUT2D eigenvalue weighted by Crippen LogP contribution is 2.48. The molecule has 38 heavy (non-hydrogen) atoms. The number of methoxy groups -OCH3 is 1. The summed E-state index contributed by atoms with van der Waals surface area (Å²) in [5.74, 6) is 0.380. The van der Waals surface area contributed by atoms with Crippen LogP contribution >= 0.6 is 11.3 Å². The van der Waals surface area contributed by atoms with Gasteiger partial charge in [0.05, 0.1) is 12.8 Å². The maximum absolute atomic E-state index is 13.8. The molecule has 1 aliphatic carbocycles. The summed E-state index contributed by atoms with van der Waals surface area (Å²) in [6, 6.07) is 15.2. The quantitative estimate of drug-likeness (QED) is 0.353. The molecule has 0 atom stereocenters. The third-order valence-corrected chi connectivity index (χ3v) is 9.06. The van der Waals surface area contributed by atoms with Crippen molar-refractivity contribution in [2.24, 2.45) is 0 Å². The molecular weight excluding hydrogens is 522 g/mol. The fourth-order valence-electron chi connectivity index (χ4n) is 5.05. The number of hydrogen-bond donors (Lipinski definition) is 1. The number of carbonyl (C=O) groups excluding carboxylic acids is 1. The van der Waals surface area contributed by atoms with E-state index < -0.39 is 9.84 Å². The van der Waals surface area contributed by atoms with Crippen molar-refractivity contribution < 1.29 is 17.9 Å². The SMILES string of the molecule is COc1ccc(-n2nc(S(C)(=O)=O)c3c2C(=O)N(c2ccc(C4(CNc5nccs5)CC4)cc2)CC3)cc1. The summed E-state index contributed by atoms with van der Waals surface area (Å²) in [5.41, 5.74) is 3.42. The predicted octanol–water partition coefficient (Wildman–Crippen LogP) is 4.09. The van der Waals surface area contributed by atoms with Gasteiger partial charge in [-0.15, -0.1) is 11.3 Å². The normalized spacial score (nSPS) is 16.3. The molecule has 0 bridgehead atoms. The number of carbonyl (C=O) groups is 1. The molecule has 196 valence electrons. The standard InChI is InChI=1S/C27H27N5O4S2/c1-36-21-9-7-20(8-10-21)32-23-22(24(30-32)38(2,34)35)11-15-31(25(23)33)19-5-3-18(4-6-19)27(12-13-27)17-29-26-28-14-16-37-26/h3-10,14,16H,11-13,15,17H2,1-2H3,(H,28,29). The predicted molar refractivity (Wildman–Crippen MR) is 147 cm³/mol. The fraction of sp³-hybridized carbons (Fsp3) is 0.296. The van der Waals surface area contributed by atoms with Crippen LogP contribution in [0.5, 0.6) is 5.75 Å². The van der Waals surface area contributed by atoms with Gasteiger partial charge in [0.25, 0.3) is 5.91 Å². The highest BCUT2D eigenvalue weighted by Gasteiger charge is 2.44. The van der Waals surface area contributed by atoms with Gasteiger partial charge in [0.15, 0.2) is 20.0 Å². The third-order valence-electron chi connectivity index (χ3n) is 7.30. The number of rotatable bonds is 8. The van der Waals surface area contributed by atoms with Gasteiger partial charge in [0, 0.05) is 47.6 Å². The highest BCUT2D eigenvalue weighted by atomic mass is 32.2. The van der Waals surface area contributed by atoms with Crippen LogP contribution in [-0.4, -0.2) is 55.5 Å². The van der Waals surface area contributed by atoms with Crippen molar-refractivity contribution in [3.8, 4) is 11.4 Å². The minimum Gasteiger partial charge on any atom is -0.497 e. The zero-order valence-corrected chi connectivity index (χ0v) is 22.7. The molecular formula is C27H27N5O4S2. The Morgan fingerprint density at radius 3 is 2.39 bits per heavy atom. The molecule has 2 aliphatic rings. The van der Waals surface area contributed by atoms with Gasteiger partial charge in [-0.3, -0.25) is 4.79 Å². The van der Waals surface area contributed by atoms with Crippen LogP contribution in [0.3, 0.4) is 0 Å². The molecule has 2 aromatic heterocycles. The molecule has 1 amide bonds. The van der Waals surface area contributed by atoms with Gasteiger partial charge in [-0.05, 0) is 61.2 Å². The summed E-state index contributed by atoms with van der Waals surface area (Å²) in [4.78, 5) is 19.8. The van der Waals surface area contributed by atoms with Crippen molar-refractivity contribution in [3.63, 3.8) is 0 Å². The van der Waals surface area contributed by atoms with E-state index in [-0.39, 0.29) is 22.0 Å². The van der Waals surface area contributed by atoms with Crippen LogP contribution in [0.4, 0.5) is 10.8 Å². The summed E-state index contributed by atoms with van der Waals surface area (Å²) in [5, 5.41) is 10.7. The molecule has 9 nitrogen and oxygen atoms in total. The maximum atomic E-state index is 13.8. The maximum Gasteiger partial charge on any atom is 0.277 e. The number of fused-ring (bicyclic) bond motifs is 1. The van der Waals surface area contributed by atoms with E-state index in [4.69, 9.17) is 4.74 Å². The second-order valence-electron chi connectivity index (χ2n) is 9.74. The number of benzene rings is 2. The number of aromatic nitrogens is 3. The van der Waals surface area contributed by atoms with E-state index >= 15 is 0 Å². The van der Waals surface area contributed by atoms with Crippen molar-refractivity contribution in [2.75, 3.05) is 36.7 Å². The molecule has 3 heterocycles. The largest absolute Gasteiger partial charge is 0.497 e. The van der Waals surface area contributed by atoms with Crippen molar-refractivity contribution in [2.45, 2.75) is 29.7 Å². The Morgan fingerprint density at radius 2 is 1.79 bits per heavy atom. The molecule has 4 aromatic rings. The number of nitrogens with zero attached hydrogens (tertiary/aromatic N) is 4. The summed E-state index contributed by atoms with van der Waals surface area (Å²) in [7, 11) is -2.05. The first-order valence-corrected chi connectivity index (χ1v) is 15.1. The van der Waals surface area contributed by atoms with Gasteiger partial charge < -0.3 is 15.0 Å². The van der Waals surface area contributed by atoms with E-state index in [1.807, 2.05) is 17.5 Å². The number of nitrogens with one attached hydrogen (secondary N) is 1. The molecule has 11 heteroatoms. The van der Waals surface area contributed by atoms with Gasteiger partial charge >= 0.3 is 0 Å². The van der Waals surface area contributed by atoms with Gasteiger partial charge in [0.2, 0.25) is 0 Å². The lowest BCUT2D eigenvalue weighted by Gasteiger charge is -2.28. The van der Waals surface area contributed by atoms with Gasteiger partial charge in [0.1, 0.15) is 11.4 Å². The highest BCUT2D eigenvalue weighted by molar-refractivity contribution is 7.90. The van der Waals surface area contributed by atoms with Crippen molar-refractivity contribution in [1.82, 2.24) is 14.8 Å². The number of amides is 1. The summed E-state index contributed by atoms with van der Waals surface area (Å²) >= 11 is 1.59. The second kappa shape index (κ2) is 9.25. The lowest BCUT2D eigenvalue weighted by atomic mass is 9.95. The molecule has 0 unspecified atom stereocenters. The molecule has 1 fully saturated rings. The Labute approximate surface area is 225 Å². The number of ether oxygens (including phenoxy) is 1. The number of thiazole rings is 1. The molecule has 0 spiro atoms. The van der Waals surface area contributed by atoms with E-state index in [0.29, 0.717) is 30.0 Å². The molecule has 6 rings (SSSR count). The summed E-state index contributed by atoms with van der Waals surface area (Å²) in [6.45, 7) is 1.19. The molecule has 0 saturated heterocycles. The smallest absolute Gasteiger partial charge is 0.277 e. The van der Waals surface area contributed by atoms with Crippen molar-refractivity contribution in [1.29, 1.82) is 0 Å². The van der Waals surface area contributed by atoms with Crippen molar-refractivity contribution in [3.05, 3.63) is 76.9 Å². The average Bonchev–Trinajstić information content (AvgIpc) is 3.32. The molecule has 1 saturated carbocycles. The number of hydrogen-bond acceptors (Lipinski definition) is 8. The Balaban J connectivity index is 1.30. The van der Waals surface area contributed by atoms with Crippen LogP contribution in [0.1, 0.15) is 34.5 Å². The fourth-order valence-corrected chi connectivity index (χ4v) is 6.46. The minimum atomic E-state index is -3.62. The Hall–Kier alpha value is -3.70. The van der Waals surface area contributed by atoms with Crippen LogP contribution in [0.2, 0.25) is 0 Å². The minimum absolute atomic E-state index is 0.0462. The van der Waals surface area contributed by atoms with Crippen LogP contribution in [0, 0.1) is 0 Å². The third kappa shape index (κ3) is 4.35. The van der Waals surface area contributed by atoms with E-state index in [1.54, 1.807) is 53.8 Å². The van der Waals surface area contributed by atoms with Crippen LogP contribution in [-0.2, 0) is 21.7 Å². The number of sulfone groups is 1. The molecule has 2 aromatic carbocycles. The molecule has 1 N–H and O–H groups in total. The van der Waals surface area contributed by atoms with E-state index in [0.717, 1.165) is 36.5 Å². The first-order valence-electron chi connectivity index (χ1n) is 12.3. The molecule has 0 radical (unpaired) electrons. The van der Waals surface area contributed by atoms with Crippen LogP contribution in [0.25, 0.3) is 5.69 Å². The Bertz CT molecular complexity index is 1590. The topological polar surface area (TPSA) is 106 Å². The van der Waals surface area contributed by atoms with E-state index in [9.17, 15) is 13.2 Å². The van der Waals surface area contributed by atoms with Gasteiger partial charge in [-0.1, -0.05) is 12.1 Å². The van der Waals surface area contributed by atoms with Crippen LogP contribution in [0.15, 0.2) is 65.1 Å². The number of anilines is 2. The van der Waals surface area contributed by atoms with Crippen LogP contribution < -0.4 is 15.0 Å². The second-order valence-corrected chi connectivity index (χ2v) is 12.6. The monoisotopic (exact) mass is 549 g/mol. The average molecular weight is 550 g/mol. The zero-order valence-electron chi connectivity index (χ0n) is 21.0. The first kappa shape index (κ1) is 24.6.